The quantitative estimate of drug-likeness (QED) is 0.868. The Morgan fingerprint density at radius 1 is 1.26 bits per heavy atom. The molecule has 1 aromatic rings. The lowest BCUT2D eigenvalue weighted by Crippen LogP contribution is -2.42. The van der Waals surface area contributed by atoms with Crippen molar-refractivity contribution in [2.75, 3.05) is 0 Å². The Kier molecular flexibility index (Phi) is 4.19. The van der Waals surface area contributed by atoms with E-state index in [1.165, 1.54) is 23.8 Å². The van der Waals surface area contributed by atoms with E-state index in [1.54, 1.807) is 0 Å². The summed E-state index contributed by atoms with van der Waals surface area (Å²) in [7, 11) is 0. The normalized spacial score (nSPS) is 18.5. The molecule has 1 aliphatic rings. The SMILES string of the molecule is CCc1c(Cl)[nH]c(=O)n(CC2(C)CCCCC2)c1=O. The molecular weight excluding hydrogens is 264 g/mol. The zero-order valence-electron chi connectivity index (χ0n) is 11.6. The van der Waals surface area contributed by atoms with E-state index in [2.05, 4.69) is 11.9 Å². The molecule has 5 heteroatoms. The number of H-pyrrole nitrogens is 1. The summed E-state index contributed by atoms with van der Waals surface area (Å²) in [5, 5.41) is 0.183. The molecule has 0 bridgehead atoms. The van der Waals surface area contributed by atoms with Gasteiger partial charge in [-0.2, -0.15) is 0 Å². The molecule has 1 N–H and O–H groups in total. The average molecular weight is 285 g/mol. The number of hydrogen-bond donors (Lipinski definition) is 1. The van der Waals surface area contributed by atoms with E-state index >= 15 is 0 Å². The highest BCUT2D eigenvalue weighted by molar-refractivity contribution is 6.30. The van der Waals surface area contributed by atoms with Crippen LogP contribution in [-0.2, 0) is 13.0 Å². The monoisotopic (exact) mass is 284 g/mol. The van der Waals surface area contributed by atoms with E-state index in [4.69, 9.17) is 11.6 Å². The van der Waals surface area contributed by atoms with Gasteiger partial charge in [0.1, 0.15) is 5.15 Å². The van der Waals surface area contributed by atoms with Crippen LogP contribution < -0.4 is 11.2 Å². The van der Waals surface area contributed by atoms with Gasteiger partial charge in [0.2, 0.25) is 0 Å². The van der Waals surface area contributed by atoms with E-state index in [1.807, 2.05) is 6.92 Å². The Morgan fingerprint density at radius 2 is 1.89 bits per heavy atom. The number of nitrogens with one attached hydrogen (secondary N) is 1. The average Bonchev–Trinajstić information content (AvgIpc) is 2.36. The maximum absolute atomic E-state index is 12.3. The van der Waals surface area contributed by atoms with Gasteiger partial charge >= 0.3 is 5.69 Å². The lowest BCUT2D eigenvalue weighted by Gasteiger charge is -2.33. The number of aromatic amines is 1. The Morgan fingerprint density at radius 3 is 2.47 bits per heavy atom. The molecule has 0 unspecified atom stereocenters. The third-order valence-electron chi connectivity index (χ3n) is 4.18. The Balaban J connectivity index is 2.40. The van der Waals surface area contributed by atoms with Crippen LogP contribution in [0.15, 0.2) is 9.59 Å². The summed E-state index contributed by atoms with van der Waals surface area (Å²) in [5.41, 5.74) is -0.0730. The lowest BCUT2D eigenvalue weighted by atomic mass is 9.75. The first-order valence-electron chi connectivity index (χ1n) is 6.98. The first-order chi connectivity index (χ1) is 8.97. The van der Waals surface area contributed by atoms with E-state index in [-0.39, 0.29) is 21.8 Å². The summed E-state index contributed by atoms with van der Waals surface area (Å²) in [6.45, 7) is 4.52. The molecule has 0 amide bonds. The summed E-state index contributed by atoms with van der Waals surface area (Å²) in [4.78, 5) is 26.9. The van der Waals surface area contributed by atoms with Crippen molar-refractivity contribution >= 4 is 11.6 Å². The zero-order chi connectivity index (χ0) is 14.0. The van der Waals surface area contributed by atoms with Crippen LogP contribution in [0.5, 0.6) is 0 Å². The zero-order valence-corrected chi connectivity index (χ0v) is 12.3. The summed E-state index contributed by atoms with van der Waals surface area (Å²) in [5.74, 6) is 0. The van der Waals surface area contributed by atoms with Gasteiger partial charge in [0.15, 0.2) is 0 Å². The van der Waals surface area contributed by atoms with Crippen LogP contribution in [0.4, 0.5) is 0 Å². The molecule has 0 saturated heterocycles. The minimum atomic E-state index is -0.390. The van der Waals surface area contributed by atoms with Gasteiger partial charge in [-0.3, -0.25) is 14.3 Å². The number of nitrogens with zero attached hydrogens (tertiary/aromatic N) is 1. The minimum absolute atomic E-state index is 0.0495. The predicted molar refractivity (Wildman–Crippen MR) is 76.9 cm³/mol. The number of halogens is 1. The first-order valence-corrected chi connectivity index (χ1v) is 7.36. The van der Waals surface area contributed by atoms with Gasteiger partial charge in [0, 0.05) is 6.54 Å². The van der Waals surface area contributed by atoms with Gasteiger partial charge in [-0.1, -0.05) is 44.7 Å². The molecule has 1 aromatic heterocycles. The second kappa shape index (κ2) is 5.53. The fourth-order valence-electron chi connectivity index (χ4n) is 2.98. The summed E-state index contributed by atoms with van der Waals surface area (Å²) in [6.07, 6.45) is 6.29. The Bertz CT molecular complexity index is 568. The second-order valence-electron chi connectivity index (χ2n) is 5.84. The van der Waals surface area contributed by atoms with E-state index < -0.39 is 0 Å². The molecule has 1 aliphatic carbocycles. The van der Waals surface area contributed by atoms with Gasteiger partial charge < -0.3 is 0 Å². The van der Waals surface area contributed by atoms with Gasteiger partial charge in [0.05, 0.1) is 5.56 Å². The van der Waals surface area contributed by atoms with Crippen LogP contribution >= 0.6 is 11.6 Å². The van der Waals surface area contributed by atoms with Crippen molar-refractivity contribution in [2.24, 2.45) is 5.41 Å². The van der Waals surface area contributed by atoms with Gasteiger partial charge in [0.25, 0.3) is 5.56 Å². The highest BCUT2D eigenvalue weighted by atomic mass is 35.5. The van der Waals surface area contributed by atoms with Crippen molar-refractivity contribution in [1.82, 2.24) is 9.55 Å². The van der Waals surface area contributed by atoms with Crippen molar-refractivity contribution < 1.29 is 0 Å². The molecule has 4 nitrogen and oxygen atoms in total. The second-order valence-corrected chi connectivity index (χ2v) is 6.22. The van der Waals surface area contributed by atoms with Crippen LogP contribution in [0.2, 0.25) is 5.15 Å². The molecule has 0 aromatic carbocycles. The highest BCUT2D eigenvalue weighted by Gasteiger charge is 2.28. The number of hydrogen-bond acceptors (Lipinski definition) is 2. The molecule has 1 saturated carbocycles. The molecule has 0 atom stereocenters. The van der Waals surface area contributed by atoms with Gasteiger partial charge in [-0.05, 0) is 24.7 Å². The third kappa shape index (κ3) is 2.94. The highest BCUT2D eigenvalue weighted by Crippen LogP contribution is 2.36. The van der Waals surface area contributed by atoms with Gasteiger partial charge in [-0.25, -0.2) is 4.79 Å². The topological polar surface area (TPSA) is 54.9 Å². The molecule has 1 fully saturated rings. The number of rotatable bonds is 3. The molecule has 19 heavy (non-hydrogen) atoms. The van der Waals surface area contributed by atoms with Crippen LogP contribution in [0.1, 0.15) is 51.5 Å². The smallest absolute Gasteiger partial charge is 0.297 e. The van der Waals surface area contributed by atoms with Crippen molar-refractivity contribution in [2.45, 2.75) is 58.9 Å². The molecule has 1 heterocycles. The van der Waals surface area contributed by atoms with Crippen LogP contribution in [-0.4, -0.2) is 9.55 Å². The maximum atomic E-state index is 12.3. The molecule has 0 radical (unpaired) electrons. The summed E-state index contributed by atoms with van der Waals surface area (Å²) < 4.78 is 1.33. The fourth-order valence-corrected chi connectivity index (χ4v) is 3.28. The Labute approximate surface area is 117 Å². The van der Waals surface area contributed by atoms with Crippen LogP contribution in [0.3, 0.4) is 0 Å². The fraction of sp³-hybridized carbons (Fsp3) is 0.714. The predicted octanol–water partition coefficient (Wildman–Crippen LogP) is 2.72. The molecule has 2 rings (SSSR count). The standard InChI is InChI=1S/C14H21ClN2O2/c1-3-10-11(15)16-13(19)17(12(10)18)9-14(2)7-5-4-6-8-14/h3-9H2,1-2H3,(H,16,19). The van der Waals surface area contributed by atoms with E-state index in [9.17, 15) is 9.59 Å². The van der Waals surface area contributed by atoms with E-state index in [0.29, 0.717) is 18.5 Å². The van der Waals surface area contributed by atoms with Crippen molar-refractivity contribution in [3.05, 3.63) is 31.6 Å². The van der Waals surface area contributed by atoms with Crippen molar-refractivity contribution in [1.29, 1.82) is 0 Å². The summed E-state index contributed by atoms with van der Waals surface area (Å²) >= 11 is 5.92. The Hall–Kier alpha value is -1.03. The molecule has 0 aliphatic heterocycles. The van der Waals surface area contributed by atoms with Crippen LogP contribution in [0, 0.1) is 5.41 Å². The lowest BCUT2D eigenvalue weighted by molar-refractivity contribution is 0.178. The third-order valence-corrected chi connectivity index (χ3v) is 4.51. The minimum Gasteiger partial charge on any atom is -0.297 e. The van der Waals surface area contributed by atoms with Crippen molar-refractivity contribution in [3.8, 4) is 0 Å². The van der Waals surface area contributed by atoms with Gasteiger partial charge in [-0.15, -0.1) is 0 Å². The van der Waals surface area contributed by atoms with E-state index in [0.717, 1.165) is 12.8 Å². The first kappa shape index (κ1) is 14.4. The van der Waals surface area contributed by atoms with Crippen molar-refractivity contribution in [3.63, 3.8) is 0 Å². The molecule has 0 spiro atoms. The largest absolute Gasteiger partial charge is 0.329 e. The molecule has 106 valence electrons. The van der Waals surface area contributed by atoms with Crippen LogP contribution in [0.25, 0.3) is 0 Å². The number of aromatic nitrogens is 2. The molecular formula is C14H21ClN2O2. The maximum Gasteiger partial charge on any atom is 0.329 e. The summed E-state index contributed by atoms with van der Waals surface area (Å²) in [6, 6.07) is 0.